The molecular formula is C17H18F3N3O3. The van der Waals surface area contributed by atoms with Gasteiger partial charge < -0.3 is 9.72 Å². The second kappa shape index (κ2) is 7.46. The van der Waals surface area contributed by atoms with E-state index in [0.29, 0.717) is 43.9 Å². The van der Waals surface area contributed by atoms with Crippen LogP contribution in [0.5, 0.6) is 0 Å². The predicted octanol–water partition coefficient (Wildman–Crippen LogP) is 1.53. The summed E-state index contributed by atoms with van der Waals surface area (Å²) in [5.41, 5.74) is -0.683. The highest BCUT2D eigenvalue weighted by Gasteiger charge is 2.30. The highest BCUT2D eigenvalue weighted by Crippen LogP contribution is 2.30. The molecular weight excluding hydrogens is 351 g/mol. The van der Waals surface area contributed by atoms with E-state index in [4.69, 9.17) is 4.74 Å². The topological polar surface area (TPSA) is 78.2 Å². The van der Waals surface area contributed by atoms with Crippen molar-refractivity contribution < 1.29 is 17.9 Å². The molecule has 3 rings (SSSR count). The number of ether oxygens (including phenoxy) is 1. The number of alkyl halides is 3. The number of nitrogens with zero attached hydrogens (tertiary/aromatic N) is 1. The normalized spacial score (nSPS) is 18.8. The molecule has 0 bridgehead atoms. The second-order valence-electron chi connectivity index (χ2n) is 6.24. The van der Waals surface area contributed by atoms with E-state index < -0.39 is 23.0 Å². The highest BCUT2D eigenvalue weighted by molar-refractivity contribution is 5.26. The van der Waals surface area contributed by atoms with Crippen LogP contribution in [0.25, 0.3) is 0 Å². The summed E-state index contributed by atoms with van der Waals surface area (Å²) in [6, 6.07) is 6.53. The standard InChI is InChI=1S/C17H18F3N3O3/c18-17(19,20)12-3-1-2-11(6-12)7-14-10-23(4-5-26-14)9-13-8-15(24)22-16(25)21-13/h1-3,6,8,14H,4-5,7,9-10H2,(H2,21,22,24,25). The lowest BCUT2D eigenvalue weighted by Crippen LogP contribution is -2.43. The Hall–Kier alpha value is -2.39. The van der Waals surface area contributed by atoms with Gasteiger partial charge in [-0.3, -0.25) is 14.7 Å². The molecule has 0 spiro atoms. The molecule has 2 N–H and O–H groups in total. The van der Waals surface area contributed by atoms with E-state index in [1.807, 2.05) is 4.90 Å². The Bertz CT molecular complexity index is 847. The van der Waals surface area contributed by atoms with Gasteiger partial charge in [0.25, 0.3) is 5.56 Å². The van der Waals surface area contributed by atoms with Crippen LogP contribution in [0, 0.1) is 0 Å². The van der Waals surface area contributed by atoms with Crippen molar-refractivity contribution in [2.45, 2.75) is 25.2 Å². The van der Waals surface area contributed by atoms with Crippen LogP contribution in [0.15, 0.2) is 39.9 Å². The fourth-order valence-corrected chi connectivity index (χ4v) is 3.03. The summed E-state index contributed by atoms with van der Waals surface area (Å²) in [6.45, 7) is 1.89. The molecule has 1 aromatic carbocycles. The Morgan fingerprint density at radius 1 is 1.19 bits per heavy atom. The van der Waals surface area contributed by atoms with Crippen molar-refractivity contribution in [3.63, 3.8) is 0 Å². The minimum atomic E-state index is -4.37. The fraction of sp³-hybridized carbons (Fsp3) is 0.412. The molecule has 1 aromatic heterocycles. The van der Waals surface area contributed by atoms with Gasteiger partial charge in [0.2, 0.25) is 0 Å². The molecule has 0 radical (unpaired) electrons. The summed E-state index contributed by atoms with van der Waals surface area (Å²) in [4.78, 5) is 29.3. The first kappa shape index (κ1) is 18.4. The van der Waals surface area contributed by atoms with E-state index in [2.05, 4.69) is 9.97 Å². The van der Waals surface area contributed by atoms with Gasteiger partial charge >= 0.3 is 11.9 Å². The molecule has 1 unspecified atom stereocenters. The van der Waals surface area contributed by atoms with E-state index in [1.165, 1.54) is 12.1 Å². The van der Waals surface area contributed by atoms with Crippen molar-refractivity contribution >= 4 is 0 Å². The largest absolute Gasteiger partial charge is 0.416 e. The van der Waals surface area contributed by atoms with E-state index >= 15 is 0 Å². The van der Waals surface area contributed by atoms with Crippen LogP contribution in [0.2, 0.25) is 0 Å². The Morgan fingerprint density at radius 2 is 2.00 bits per heavy atom. The zero-order chi connectivity index (χ0) is 18.7. The molecule has 0 saturated carbocycles. The van der Waals surface area contributed by atoms with Crippen LogP contribution in [0.3, 0.4) is 0 Å². The molecule has 2 heterocycles. The molecule has 0 aliphatic carbocycles. The van der Waals surface area contributed by atoms with Crippen molar-refractivity contribution in [1.29, 1.82) is 0 Å². The predicted molar refractivity (Wildman–Crippen MR) is 87.8 cm³/mol. The first-order chi connectivity index (χ1) is 12.3. The summed E-state index contributed by atoms with van der Waals surface area (Å²) in [6.07, 6.45) is -4.28. The summed E-state index contributed by atoms with van der Waals surface area (Å²) in [5, 5.41) is 0. The molecule has 1 saturated heterocycles. The Labute approximate surface area is 146 Å². The smallest absolute Gasteiger partial charge is 0.375 e. The van der Waals surface area contributed by atoms with Gasteiger partial charge in [0.05, 0.1) is 18.3 Å². The zero-order valence-corrected chi connectivity index (χ0v) is 13.8. The van der Waals surface area contributed by atoms with Gasteiger partial charge in [0.15, 0.2) is 0 Å². The van der Waals surface area contributed by atoms with Gasteiger partial charge in [-0.1, -0.05) is 18.2 Å². The van der Waals surface area contributed by atoms with Crippen LogP contribution in [0.1, 0.15) is 16.8 Å². The number of rotatable bonds is 4. The van der Waals surface area contributed by atoms with E-state index in [9.17, 15) is 22.8 Å². The van der Waals surface area contributed by atoms with Crippen molar-refractivity contribution in [3.8, 4) is 0 Å². The van der Waals surface area contributed by atoms with Crippen LogP contribution in [-0.4, -0.2) is 40.7 Å². The number of benzene rings is 1. The number of H-pyrrole nitrogens is 2. The van der Waals surface area contributed by atoms with Crippen LogP contribution >= 0.6 is 0 Å². The molecule has 9 heteroatoms. The number of halogens is 3. The van der Waals surface area contributed by atoms with Gasteiger partial charge in [-0.2, -0.15) is 13.2 Å². The molecule has 1 aliphatic heterocycles. The third-order valence-corrected chi connectivity index (χ3v) is 4.15. The summed E-state index contributed by atoms with van der Waals surface area (Å²) in [7, 11) is 0. The summed E-state index contributed by atoms with van der Waals surface area (Å²) >= 11 is 0. The number of hydrogen-bond donors (Lipinski definition) is 2. The number of aromatic nitrogens is 2. The molecule has 26 heavy (non-hydrogen) atoms. The molecule has 1 fully saturated rings. The molecule has 6 nitrogen and oxygen atoms in total. The number of hydrogen-bond acceptors (Lipinski definition) is 4. The highest BCUT2D eigenvalue weighted by atomic mass is 19.4. The number of morpholine rings is 1. The van der Waals surface area contributed by atoms with Gasteiger partial charge in [-0.15, -0.1) is 0 Å². The van der Waals surface area contributed by atoms with Crippen molar-refractivity contribution in [3.05, 3.63) is 68.0 Å². The zero-order valence-electron chi connectivity index (χ0n) is 13.8. The van der Waals surface area contributed by atoms with Gasteiger partial charge in [0, 0.05) is 31.4 Å². The maximum Gasteiger partial charge on any atom is 0.416 e. The second-order valence-corrected chi connectivity index (χ2v) is 6.24. The first-order valence-corrected chi connectivity index (χ1v) is 8.12. The maximum atomic E-state index is 12.8. The minimum Gasteiger partial charge on any atom is -0.375 e. The van der Waals surface area contributed by atoms with Crippen LogP contribution in [0.4, 0.5) is 13.2 Å². The SMILES string of the molecule is O=c1cc(CN2CCOC(Cc3cccc(C(F)(F)F)c3)C2)[nH]c(=O)[nH]1. The number of nitrogens with one attached hydrogen (secondary N) is 2. The van der Waals surface area contributed by atoms with Crippen LogP contribution in [-0.2, 0) is 23.9 Å². The van der Waals surface area contributed by atoms with Crippen LogP contribution < -0.4 is 11.2 Å². The van der Waals surface area contributed by atoms with Gasteiger partial charge in [-0.25, -0.2) is 4.79 Å². The van der Waals surface area contributed by atoms with Crippen molar-refractivity contribution in [2.24, 2.45) is 0 Å². The average molecular weight is 369 g/mol. The fourth-order valence-electron chi connectivity index (χ4n) is 3.03. The molecule has 1 atom stereocenters. The monoisotopic (exact) mass is 369 g/mol. The molecule has 140 valence electrons. The van der Waals surface area contributed by atoms with Gasteiger partial charge in [0.1, 0.15) is 0 Å². The average Bonchev–Trinajstić information content (AvgIpc) is 2.53. The van der Waals surface area contributed by atoms with Crippen molar-refractivity contribution in [1.82, 2.24) is 14.9 Å². The maximum absolute atomic E-state index is 12.8. The summed E-state index contributed by atoms with van der Waals surface area (Å²) < 4.78 is 44.1. The summed E-state index contributed by atoms with van der Waals surface area (Å²) in [5.74, 6) is 0. The number of aromatic amines is 2. The minimum absolute atomic E-state index is 0.263. The van der Waals surface area contributed by atoms with E-state index in [0.717, 1.165) is 12.1 Å². The quantitative estimate of drug-likeness (QED) is 0.857. The Balaban J connectivity index is 1.65. The third-order valence-electron chi connectivity index (χ3n) is 4.15. The van der Waals surface area contributed by atoms with E-state index in [-0.39, 0.29) is 6.10 Å². The van der Waals surface area contributed by atoms with Gasteiger partial charge in [-0.05, 0) is 18.1 Å². The lowest BCUT2D eigenvalue weighted by Gasteiger charge is -2.33. The molecule has 1 aliphatic rings. The Morgan fingerprint density at radius 3 is 2.73 bits per heavy atom. The lowest BCUT2D eigenvalue weighted by atomic mass is 10.0. The van der Waals surface area contributed by atoms with E-state index in [1.54, 1.807) is 6.07 Å². The Kier molecular flexibility index (Phi) is 5.28. The third kappa shape index (κ3) is 4.83. The lowest BCUT2D eigenvalue weighted by molar-refractivity contribution is -0.137. The van der Waals surface area contributed by atoms with Crippen molar-refractivity contribution in [2.75, 3.05) is 19.7 Å². The molecule has 2 aromatic rings. The first-order valence-electron chi connectivity index (χ1n) is 8.12. The molecule has 0 amide bonds.